The Hall–Kier alpha value is -2.21. The van der Waals surface area contributed by atoms with Crippen LogP contribution in [0.2, 0.25) is 0 Å². The van der Waals surface area contributed by atoms with Crippen LogP contribution in [-0.4, -0.2) is 34.3 Å². The van der Waals surface area contributed by atoms with E-state index in [9.17, 15) is 4.79 Å². The van der Waals surface area contributed by atoms with E-state index >= 15 is 0 Å². The van der Waals surface area contributed by atoms with Crippen molar-refractivity contribution in [1.29, 1.82) is 0 Å². The van der Waals surface area contributed by atoms with Gasteiger partial charge in [0.15, 0.2) is 5.82 Å². The highest BCUT2D eigenvalue weighted by Gasteiger charge is 2.13. The standard InChI is InChI=1S/C15H21N5O/c1-4-20-10-17-19-14(20)12-6-5-7-13(8-12)18-15(21)11(2)9-16-3/h5-8,10-11,16H,4,9H2,1-3H3,(H,18,21). The van der Waals surface area contributed by atoms with E-state index in [1.807, 2.05) is 49.7 Å². The summed E-state index contributed by atoms with van der Waals surface area (Å²) in [6, 6.07) is 7.66. The maximum Gasteiger partial charge on any atom is 0.228 e. The lowest BCUT2D eigenvalue weighted by molar-refractivity contribution is -0.119. The van der Waals surface area contributed by atoms with Gasteiger partial charge in [0.25, 0.3) is 0 Å². The predicted molar refractivity (Wildman–Crippen MR) is 82.9 cm³/mol. The van der Waals surface area contributed by atoms with Crippen molar-refractivity contribution in [3.8, 4) is 11.4 Å². The quantitative estimate of drug-likeness (QED) is 0.849. The van der Waals surface area contributed by atoms with Gasteiger partial charge in [-0.05, 0) is 26.1 Å². The number of carbonyl (C=O) groups excluding carboxylic acids is 1. The molecule has 0 aliphatic rings. The van der Waals surface area contributed by atoms with E-state index in [2.05, 4.69) is 20.8 Å². The SMILES string of the molecule is CCn1cnnc1-c1cccc(NC(=O)C(C)CNC)c1. The normalized spacial score (nSPS) is 12.1. The van der Waals surface area contributed by atoms with Gasteiger partial charge in [-0.15, -0.1) is 10.2 Å². The lowest BCUT2D eigenvalue weighted by Crippen LogP contribution is -2.28. The zero-order valence-corrected chi connectivity index (χ0v) is 12.6. The fraction of sp³-hybridized carbons (Fsp3) is 0.400. The molecule has 6 nitrogen and oxygen atoms in total. The van der Waals surface area contributed by atoms with Gasteiger partial charge in [0.2, 0.25) is 5.91 Å². The Morgan fingerprint density at radius 3 is 2.95 bits per heavy atom. The summed E-state index contributed by atoms with van der Waals surface area (Å²) in [6.45, 7) is 5.38. The van der Waals surface area contributed by atoms with Gasteiger partial charge in [0.1, 0.15) is 6.33 Å². The third kappa shape index (κ3) is 3.66. The molecule has 6 heteroatoms. The zero-order chi connectivity index (χ0) is 15.2. The third-order valence-corrected chi connectivity index (χ3v) is 3.30. The maximum absolute atomic E-state index is 12.0. The van der Waals surface area contributed by atoms with E-state index < -0.39 is 0 Å². The molecule has 0 fully saturated rings. The smallest absolute Gasteiger partial charge is 0.228 e. The molecule has 0 bridgehead atoms. The number of nitrogens with zero attached hydrogens (tertiary/aromatic N) is 3. The predicted octanol–water partition coefficient (Wildman–Crippen LogP) is 1.76. The molecule has 0 saturated carbocycles. The fourth-order valence-electron chi connectivity index (χ4n) is 2.11. The lowest BCUT2D eigenvalue weighted by Gasteiger charge is -2.12. The van der Waals surface area contributed by atoms with Gasteiger partial charge in [-0.3, -0.25) is 4.79 Å². The second-order valence-corrected chi connectivity index (χ2v) is 4.97. The van der Waals surface area contributed by atoms with E-state index in [4.69, 9.17) is 0 Å². The average molecular weight is 287 g/mol. The molecule has 112 valence electrons. The first-order chi connectivity index (χ1) is 10.2. The van der Waals surface area contributed by atoms with Crippen molar-refractivity contribution in [3.63, 3.8) is 0 Å². The molecule has 1 atom stereocenters. The molecule has 21 heavy (non-hydrogen) atoms. The van der Waals surface area contributed by atoms with Gasteiger partial charge in [-0.25, -0.2) is 0 Å². The first kappa shape index (κ1) is 15.2. The summed E-state index contributed by atoms with van der Waals surface area (Å²) in [5.74, 6) is 0.716. The summed E-state index contributed by atoms with van der Waals surface area (Å²) in [7, 11) is 1.84. The lowest BCUT2D eigenvalue weighted by atomic mass is 10.1. The van der Waals surface area contributed by atoms with Crippen LogP contribution in [0.25, 0.3) is 11.4 Å². The van der Waals surface area contributed by atoms with Gasteiger partial charge < -0.3 is 15.2 Å². The molecule has 1 unspecified atom stereocenters. The highest BCUT2D eigenvalue weighted by Crippen LogP contribution is 2.21. The summed E-state index contributed by atoms with van der Waals surface area (Å²) in [5.41, 5.74) is 1.71. The Morgan fingerprint density at radius 1 is 1.43 bits per heavy atom. The average Bonchev–Trinajstić information content (AvgIpc) is 2.96. The van der Waals surface area contributed by atoms with Gasteiger partial charge in [-0.1, -0.05) is 19.1 Å². The largest absolute Gasteiger partial charge is 0.326 e. The number of nitrogens with one attached hydrogen (secondary N) is 2. The molecule has 2 N–H and O–H groups in total. The van der Waals surface area contributed by atoms with E-state index in [0.29, 0.717) is 6.54 Å². The Morgan fingerprint density at radius 2 is 2.24 bits per heavy atom. The number of hydrogen-bond donors (Lipinski definition) is 2. The van der Waals surface area contributed by atoms with Crippen molar-refractivity contribution in [2.45, 2.75) is 20.4 Å². The first-order valence-electron chi connectivity index (χ1n) is 7.09. The highest BCUT2D eigenvalue weighted by atomic mass is 16.1. The number of aryl methyl sites for hydroxylation is 1. The van der Waals surface area contributed by atoms with Gasteiger partial charge in [0, 0.05) is 30.3 Å². The van der Waals surface area contributed by atoms with E-state index in [1.54, 1.807) is 6.33 Å². The Kier molecular flexibility index (Phi) is 5.05. The third-order valence-electron chi connectivity index (χ3n) is 3.30. The summed E-state index contributed by atoms with van der Waals surface area (Å²) < 4.78 is 1.96. The Labute approximate surface area is 124 Å². The van der Waals surface area contributed by atoms with Crippen molar-refractivity contribution in [2.75, 3.05) is 18.9 Å². The minimum atomic E-state index is -0.0852. The maximum atomic E-state index is 12.0. The second-order valence-electron chi connectivity index (χ2n) is 4.97. The molecule has 2 aromatic rings. The molecule has 0 aliphatic carbocycles. The van der Waals surface area contributed by atoms with Crippen LogP contribution in [0.1, 0.15) is 13.8 Å². The topological polar surface area (TPSA) is 71.8 Å². The minimum absolute atomic E-state index is 0.00143. The minimum Gasteiger partial charge on any atom is -0.326 e. The van der Waals surface area contributed by atoms with Crippen LogP contribution < -0.4 is 10.6 Å². The monoisotopic (exact) mass is 287 g/mol. The van der Waals surface area contributed by atoms with Crippen molar-refractivity contribution in [2.24, 2.45) is 5.92 Å². The molecule has 2 rings (SSSR count). The summed E-state index contributed by atoms with van der Waals surface area (Å²) in [4.78, 5) is 12.0. The molecule has 1 amide bonds. The van der Waals surface area contributed by atoms with Crippen LogP contribution >= 0.6 is 0 Å². The van der Waals surface area contributed by atoms with E-state index in [-0.39, 0.29) is 11.8 Å². The number of carbonyl (C=O) groups is 1. The molecule has 1 aromatic heterocycles. The van der Waals surface area contributed by atoms with Gasteiger partial charge in [-0.2, -0.15) is 0 Å². The van der Waals surface area contributed by atoms with Crippen LogP contribution in [0.5, 0.6) is 0 Å². The number of aromatic nitrogens is 3. The van der Waals surface area contributed by atoms with Crippen LogP contribution in [0, 0.1) is 5.92 Å². The number of anilines is 1. The molecule has 0 saturated heterocycles. The van der Waals surface area contributed by atoms with Crippen LogP contribution in [0.4, 0.5) is 5.69 Å². The van der Waals surface area contributed by atoms with E-state index in [0.717, 1.165) is 23.6 Å². The fourth-order valence-corrected chi connectivity index (χ4v) is 2.11. The molecular formula is C15H21N5O. The van der Waals surface area contributed by atoms with Crippen molar-refractivity contribution >= 4 is 11.6 Å². The summed E-state index contributed by atoms with van der Waals surface area (Å²) in [6.07, 6.45) is 1.70. The summed E-state index contributed by atoms with van der Waals surface area (Å²) in [5, 5.41) is 14.0. The molecule has 1 heterocycles. The molecule has 1 aromatic carbocycles. The Balaban J connectivity index is 2.17. The number of rotatable bonds is 6. The van der Waals surface area contributed by atoms with Crippen LogP contribution in [0.15, 0.2) is 30.6 Å². The number of amides is 1. The first-order valence-corrected chi connectivity index (χ1v) is 7.09. The Bertz CT molecular complexity index is 608. The van der Waals surface area contributed by atoms with Gasteiger partial charge >= 0.3 is 0 Å². The second kappa shape index (κ2) is 6.99. The van der Waals surface area contributed by atoms with Gasteiger partial charge in [0.05, 0.1) is 0 Å². The molecule has 0 spiro atoms. The number of benzene rings is 1. The van der Waals surface area contributed by atoms with Crippen molar-refractivity contribution in [1.82, 2.24) is 20.1 Å². The van der Waals surface area contributed by atoms with Crippen molar-refractivity contribution < 1.29 is 4.79 Å². The highest BCUT2D eigenvalue weighted by molar-refractivity contribution is 5.93. The summed E-state index contributed by atoms with van der Waals surface area (Å²) >= 11 is 0. The van der Waals surface area contributed by atoms with E-state index in [1.165, 1.54) is 0 Å². The zero-order valence-electron chi connectivity index (χ0n) is 12.6. The number of hydrogen-bond acceptors (Lipinski definition) is 4. The molecule has 0 aliphatic heterocycles. The van der Waals surface area contributed by atoms with Crippen LogP contribution in [-0.2, 0) is 11.3 Å². The molecular weight excluding hydrogens is 266 g/mol. The van der Waals surface area contributed by atoms with Crippen molar-refractivity contribution in [3.05, 3.63) is 30.6 Å². The molecule has 0 radical (unpaired) electrons. The van der Waals surface area contributed by atoms with Crippen LogP contribution in [0.3, 0.4) is 0 Å².